The minimum absolute atomic E-state index is 0.106. The van der Waals surface area contributed by atoms with E-state index in [1.165, 1.54) is 0 Å². The smallest absolute Gasteiger partial charge is 0.269 e. The van der Waals surface area contributed by atoms with Crippen molar-refractivity contribution in [3.63, 3.8) is 0 Å². The number of carbonyl (C=O) groups excluding carboxylic acids is 1. The third kappa shape index (κ3) is 4.34. The van der Waals surface area contributed by atoms with Crippen LogP contribution in [0.3, 0.4) is 0 Å². The molecule has 0 aliphatic carbocycles. The average Bonchev–Trinajstić information content (AvgIpc) is 2.73. The second-order valence-corrected chi connectivity index (χ2v) is 6.65. The standard InChI is InChI=1S/C21H23NO5/c23-21(20-14-26-18-10-3-4-11-19(18)27-20)22-16-8-1-2-9-17(16)25-13-15-7-5-6-12-24-15/h1-4,8-11,15,20H,5-7,12-14H2,(H,22,23). The van der Waals surface area contributed by atoms with E-state index in [1.54, 1.807) is 6.07 Å². The summed E-state index contributed by atoms with van der Waals surface area (Å²) in [5.74, 6) is 1.58. The van der Waals surface area contributed by atoms with Crippen LogP contribution in [0.15, 0.2) is 48.5 Å². The van der Waals surface area contributed by atoms with Crippen LogP contribution in [-0.2, 0) is 9.53 Å². The van der Waals surface area contributed by atoms with Crippen LogP contribution in [0.25, 0.3) is 0 Å². The molecule has 0 bridgehead atoms. The van der Waals surface area contributed by atoms with Gasteiger partial charge in [-0.2, -0.15) is 0 Å². The Morgan fingerprint density at radius 2 is 1.89 bits per heavy atom. The highest BCUT2D eigenvalue weighted by molar-refractivity contribution is 5.96. The van der Waals surface area contributed by atoms with Gasteiger partial charge in [0.2, 0.25) is 6.10 Å². The van der Waals surface area contributed by atoms with Gasteiger partial charge in [0.05, 0.1) is 11.8 Å². The third-order valence-electron chi connectivity index (χ3n) is 4.64. The van der Waals surface area contributed by atoms with E-state index in [0.29, 0.717) is 29.5 Å². The molecule has 0 saturated carbocycles. The number of nitrogens with one attached hydrogen (secondary N) is 1. The van der Waals surface area contributed by atoms with Crippen LogP contribution in [0, 0.1) is 0 Å². The highest BCUT2D eigenvalue weighted by atomic mass is 16.6. The van der Waals surface area contributed by atoms with Gasteiger partial charge in [-0.05, 0) is 43.5 Å². The van der Waals surface area contributed by atoms with E-state index in [2.05, 4.69) is 5.32 Å². The fourth-order valence-electron chi connectivity index (χ4n) is 3.18. The summed E-state index contributed by atoms with van der Waals surface area (Å²) < 4.78 is 23.0. The maximum absolute atomic E-state index is 12.6. The van der Waals surface area contributed by atoms with Gasteiger partial charge in [0, 0.05) is 6.61 Å². The predicted molar refractivity (Wildman–Crippen MR) is 101 cm³/mol. The van der Waals surface area contributed by atoms with Crippen LogP contribution in [0.1, 0.15) is 19.3 Å². The molecule has 2 aliphatic rings. The van der Waals surface area contributed by atoms with E-state index in [1.807, 2.05) is 42.5 Å². The zero-order valence-corrected chi connectivity index (χ0v) is 15.1. The molecule has 142 valence electrons. The number of hydrogen-bond acceptors (Lipinski definition) is 5. The maximum atomic E-state index is 12.6. The Labute approximate surface area is 158 Å². The fourth-order valence-corrected chi connectivity index (χ4v) is 3.18. The lowest BCUT2D eigenvalue weighted by atomic mass is 10.1. The first-order valence-electron chi connectivity index (χ1n) is 9.32. The molecule has 2 aromatic rings. The minimum Gasteiger partial charge on any atom is -0.489 e. The summed E-state index contributed by atoms with van der Waals surface area (Å²) in [6.45, 7) is 1.43. The number of amides is 1. The van der Waals surface area contributed by atoms with Gasteiger partial charge in [-0.25, -0.2) is 0 Å². The summed E-state index contributed by atoms with van der Waals surface area (Å²) in [4.78, 5) is 12.6. The maximum Gasteiger partial charge on any atom is 0.269 e. The summed E-state index contributed by atoms with van der Waals surface area (Å²) in [7, 11) is 0. The molecular weight excluding hydrogens is 346 g/mol. The van der Waals surface area contributed by atoms with E-state index >= 15 is 0 Å². The van der Waals surface area contributed by atoms with Gasteiger partial charge in [0.1, 0.15) is 19.0 Å². The molecule has 1 saturated heterocycles. The lowest BCUT2D eigenvalue weighted by Crippen LogP contribution is -2.40. The molecule has 2 aliphatic heterocycles. The van der Waals surface area contributed by atoms with Crippen molar-refractivity contribution in [1.29, 1.82) is 0 Å². The van der Waals surface area contributed by atoms with Crippen molar-refractivity contribution < 1.29 is 23.7 Å². The minimum atomic E-state index is -0.713. The zero-order chi connectivity index (χ0) is 18.5. The summed E-state index contributed by atoms with van der Waals surface area (Å²) in [5.41, 5.74) is 0.612. The van der Waals surface area contributed by atoms with Gasteiger partial charge in [-0.1, -0.05) is 24.3 Å². The van der Waals surface area contributed by atoms with Gasteiger partial charge in [-0.3, -0.25) is 4.79 Å². The van der Waals surface area contributed by atoms with Crippen LogP contribution in [0.4, 0.5) is 5.69 Å². The van der Waals surface area contributed by atoms with Gasteiger partial charge >= 0.3 is 0 Å². The summed E-state index contributed by atoms with van der Waals surface area (Å²) in [5, 5.41) is 2.89. The number of benzene rings is 2. The van der Waals surface area contributed by atoms with E-state index in [9.17, 15) is 4.79 Å². The molecule has 2 atom stereocenters. The molecule has 1 N–H and O–H groups in total. The molecule has 27 heavy (non-hydrogen) atoms. The van der Waals surface area contributed by atoms with Crippen LogP contribution in [-0.4, -0.2) is 37.9 Å². The van der Waals surface area contributed by atoms with Crippen molar-refractivity contribution in [3.8, 4) is 17.2 Å². The molecule has 1 amide bonds. The molecule has 0 spiro atoms. The first-order valence-corrected chi connectivity index (χ1v) is 9.32. The van der Waals surface area contributed by atoms with Crippen molar-refractivity contribution in [2.75, 3.05) is 25.1 Å². The van der Waals surface area contributed by atoms with Crippen molar-refractivity contribution in [2.45, 2.75) is 31.5 Å². The van der Waals surface area contributed by atoms with Gasteiger partial charge in [-0.15, -0.1) is 0 Å². The zero-order valence-electron chi connectivity index (χ0n) is 15.1. The Morgan fingerprint density at radius 1 is 1.07 bits per heavy atom. The van der Waals surface area contributed by atoms with Gasteiger partial charge < -0.3 is 24.3 Å². The summed E-state index contributed by atoms with van der Waals surface area (Å²) in [6.07, 6.45) is 2.66. The number of rotatable bonds is 5. The van der Waals surface area contributed by atoms with Crippen LogP contribution in [0.5, 0.6) is 17.2 Å². The molecule has 1 fully saturated rings. The second-order valence-electron chi connectivity index (χ2n) is 6.65. The fraction of sp³-hybridized carbons (Fsp3) is 0.381. The highest BCUT2D eigenvalue weighted by Gasteiger charge is 2.28. The molecular formula is C21H23NO5. The Kier molecular flexibility index (Phi) is 5.44. The quantitative estimate of drug-likeness (QED) is 0.875. The second kappa shape index (κ2) is 8.31. The van der Waals surface area contributed by atoms with E-state index < -0.39 is 6.10 Å². The lowest BCUT2D eigenvalue weighted by molar-refractivity contribution is -0.125. The SMILES string of the molecule is O=C(Nc1ccccc1OCC1CCCCO1)C1COc2ccccc2O1. The number of fused-ring (bicyclic) bond motifs is 1. The van der Waals surface area contributed by atoms with Crippen molar-refractivity contribution in [1.82, 2.24) is 0 Å². The van der Waals surface area contributed by atoms with Crippen molar-refractivity contribution >= 4 is 11.6 Å². The molecule has 6 heteroatoms. The largest absolute Gasteiger partial charge is 0.489 e. The molecule has 6 nitrogen and oxygen atoms in total. The van der Waals surface area contributed by atoms with E-state index in [0.717, 1.165) is 25.9 Å². The van der Waals surface area contributed by atoms with Crippen LogP contribution < -0.4 is 19.5 Å². The lowest BCUT2D eigenvalue weighted by Gasteiger charge is -2.26. The molecule has 0 radical (unpaired) electrons. The predicted octanol–water partition coefficient (Wildman–Crippen LogP) is 3.41. The Bertz CT molecular complexity index is 788. The van der Waals surface area contributed by atoms with Crippen molar-refractivity contribution in [2.24, 2.45) is 0 Å². The Morgan fingerprint density at radius 3 is 2.74 bits per heavy atom. The van der Waals surface area contributed by atoms with Gasteiger partial charge in [0.25, 0.3) is 5.91 Å². The molecule has 0 aromatic heterocycles. The average molecular weight is 369 g/mol. The molecule has 4 rings (SSSR count). The van der Waals surface area contributed by atoms with Gasteiger partial charge in [0.15, 0.2) is 11.5 Å². The summed E-state index contributed by atoms with van der Waals surface area (Å²) in [6, 6.07) is 14.7. The number of para-hydroxylation sites is 4. The number of hydrogen-bond donors (Lipinski definition) is 1. The van der Waals surface area contributed by atoms with E-state index in [4.69, 9.17) is 18.9 Å². The van der Waals surface area contributed by atoms with Crippen LogP contribution >= 0.6 is 0 Å². The number of ether oxygens (including phenoxy) is 4. The number of anilines is 1. The highest BCUT2D eigenvalue weighted by Crippen LogP contribution is 2.32. The van der Waals surface area contributed by atoms with Crippen LogP contribution in [0.2, 0.25) is 0 Å². The topological polar surface area (TPSA) is 66.0 Å². The Hall–Kier alpha value is -2.73. The molecule has 2 heterocycles. The normalized spacial score (nSPS) is 21.3. The molecule has 2 unspecified atom stereocenters. The monoisotopic (exact) mass is 369 g/mol. The Balaban J connectivity index is 1.38. The number of carbonyl (C=O) groups is 1. The summed E-state index contributed by atoms with van der Waals surface area (Å²) >= 11 is 0. The van der Waals surface area contributed by atoms with E-state index in [-0.39, 0.29) is 18.6 Å². The molecule has 2 aromatic carbocycles. The third-order valence-corrected chi connectivity index (χ3v) is 4.64. The van der Waals surface area contributed by atoms with Crippen molar-refractivity contribution in [3.05, 3.63) is 48.5 Å². The first-order chi connectivity index (χ1) is 13.3. The first kappa shape index (κ1) is 17.7.